The number of aryl methyl sites for hydroxylation is 3. The summed E-state index contributed by atoms with van der Waals surface area (Å²) in [5.41, 5.74) is 5.73. The van der Waals surface area contributed by atoms with Crippen molar-refractivity contribution in [1.82, 2.24) is 14.1 Å². The first-order valence-corrected chi connectivity index (χ1v) is 9.79. The molecule has 5 nitrogen and oxygen atoms in total. The summed E-state index contributed by atoms with van der Waals surface area (Å²) in [7, 11) is 0. The Labute approximate surface area is 170 Å². The largest absolute Gasteiger partial charge is 0.503 e. The van der Waals surface area contributed by atoms with E-state index in [9.17, 15) is 10.2 Å². The van der Waals surface area contributed by atoms with Gasteiger partial charge in [0.2, 0.25) is 5.88 Å². The molecule has 0 aliphatic heterocycles. The molecule has 0 bridgehead atoms. The van der Waals surface area contributed by atoms with Crippen LogP contribution in [0.25, 0.3) is 22.4 Å². The molecule has 4 rings (SSSR count). The van der Waals surface area contributed by atoms with Crippen LogP contribution in [0.5, 0.6) is 11.6 Å². The van der Waals surface area contributed by atoms with Gasteiger partial charge in [-0.25, -0.2) is 4.98 Å². The van der Waals surface area contributed by atoms with Gasteiger partial charge in [-0.05, 0) is 48.6 Å². The van der Waals surface area contributed by atoms with Gasteiger partial charge in [-0.3, -0.25) is 0 Å². The lowest BCUT2D eigenvalue weighted by atomic mass is 9.98. The Balaban J connectivity index is 1.81. The van der Waals surface area contributed by atoms with Crippen molar-refractivity contribution in [3.05, 3.63) is 78.4 Å². The van der Waals surface area contributed by atoms with Gasteiger partial charge < -0.3 is 19.3 Å². The highest BCUT2D eigenvalue weighted by Gasteiger charge is 2.24. The van der Waals surface area contributed by atoms with Crippen LogP contribution in [0.2, 0.25) is 0 Å². The average Bonchev–Trinajstić information content (AvgIpc) is 3.33. The molecule has 0 atom stereocenters. The van der Waals surface area contributed by atoms with Crippen LogP contribution in [-0.4, -0.2) is 24.3 Å². The van der Waals surface area contributed by atoms with E-state index >= 15 is 0 Å². The molecule has 4 aromatic rings. The average molecular weight is 387 g/mol. The van der Waals surface area contributed by atoms with E-state index in [-0.39, 0.29) is 11.6 Å². The first-order chi connectivity index (χ1) is 14.1. The molecule has 5 heteroatoms. The monoisotopic (exact) mass is 387 g/mol. The van der Waals surface area contributed by atoms with Gasteiger partial charge in [0.15, 0.2) is 5.75 Å². The molecule has 0 unspecified atom stereocenters. The molecular weight excluding hydrogens is 362 g/mol. The van der Waals surface area contributed by atoms with E-state index in [2.05, 4.69) is 37.0 Å². The number of imidazole rings is 1. The third kappa shape index (κ3) is 3.63. The minimum Gasteiger partial charge on any atom is -0.503 e. The first kappa shape index (κ1) is 18.9. The molecule has 2 heterocycles. The van der Waals surface area contributed by atoms with Crippen molar-refractivity contribution >= 4 is 0 Å². The number of nitrogens with zero attached hydrogens (tertiary/aromatic N) is 3. The third-order valence-electron chi connectivity index (χ3n) is 5.41. The minimum atomic E-state index is -0.0947. The molecule has 0 radical (unpaired) electrons. The van der Waals surface area contributed by atoms with Crippen molar-refractivity contribution in [2.24, 2.45) is 0 Å². The van der Waals surface area contributed by atoms with Gasteiger partial charge in [0.25, 0.3) is 0 Å². The van der Waals surface area contributed by atoms with E-state index in [4.69, 9.17) is 0 Å². The lowest BCUT2D eigenvalue weighted by molar-refractivity contribution is 0.369. The van der Waals surface area contributed by atoms with Crippen molar-refractivity contribution in [1.29, 1.82) is 0 Å². The van der Waals surface area contributed by atoms with Crippen LogP contribution in [0.15, 0.2) is 67.3 Å². The Morgan fingerprint density at radius 2 is 1.69 bits per heavy atom. The van der Waals surface area contributed by atoms with Crippen molar-refractivity contribution in [3.8, 4) is 34.0 Å². The van der Waals surface area contributed by atoms with E-state index in [1.807, 2.05) is 45.7 Å². The smallest absolute Gasteiger partial charge is 0.235 e. The summed E-state index contributed by atoms with van der Waals surface area (Å²) < 4.78 is 3.83. The molecule has 2 aromatic heterocycles. The van der Waals surface area contributed by atoms with Gasteiger partial charge >= 0.3 is 0 Å². The number of rotatable bonds is 6. The second-order valence-corrected chi connectivity index (χ2v) is 7.37. The molecule has 0 amide bonds. The summed E-state index contributed by atoms with van der Waals surface area (Å²) in [6, 6.07) is 16.0. The summed E-state index contributed by atoms with van der Waals surface area (Å²) in [5, 5.41) is 21.6. The van der Waals surface area contributed by atoms with Crippen LogP contribution in [0.4, 0.5) is 0 Å². The molecule has 148 valence electrons. The van der Waals surface area contributed by atoms with Crippen molar-refractivity contribution in [2.45, 2.75) is 33.4 Å². The Morgan fingerprint density at radius 1 is 0.897 bits per heavy atom. The minimum absolute atomic E-state index is 0.0768. The summed E-state index contributed by atoms with van der Waals surface area (Å²) in [5.74, 6) is -0.172. The quantitative estimate of drug-likeness (QED) is 0.482. The molecule has 2 N–H and O–H groups in total. The third-order valence-corrected chi connectivity index (χ3v) is 5.41. The van der Waals surface area contributed by atoms with E-state index in [1.165, 1.54) is 11.1 Å². The second kappa shape index (κ2) is 7.87. The highest BCUT2D eigenvalue weighted by atomic mass is 16.3. The standard InChI is InChI=1S/C24H25N3O2/c1-17-9-10-20(15-18(17)2)22-21(19-7-4-3-5-8-19)23(28)24(29)27(22)13-6-12-26-14-11-25-16-26/h3-5,7-11,14-16,28-29H,6,12-13H2,1-2H3. The number of aromatic hydroxyl groups is 2. The first-order valence-electron chi connectivity index (χ1n) is 9.79. The molecular formula is C24H25N3O2. The highest BCUT2D eigenvalue weighted by Crippen LogP contribution is 2.47. The predicted octanol–water partition coefficient (Wildman–Crippen LogP) is 5.14. The van der Waals surface area contributed by atoms with Crippen LogP contribution < -0.4 is 0 Å². The predicted molar refractivity (Wildman–Crippen MR) is 115 cm³/mol. The maximum absolute atomic E-state index is 10.8. The maximum atomic E-state index is 10.8. The van der Waals surface area contributed by atoms with Crippen molar-refractivity contribution < 1.29 is 10.2 Å². The summed E-state index contributed by atoms with van der Waals surface area (Å²) in [4.78, 5) is 4.07. The van der Waals surface area contributed by atoms with Gasteiger partial charge in [0.1, 0.15) is 0 Å². The fraction of sp³-hybridized carbons (Fsp3) is 0.208. The summed E-state index contributed by atoms with van der Waals surface area (Å²) in [6.45, 7) is 5.52. The normalized spacial score (nSPS) is 11.1. The van der Waals surface area contributed by atoms with Crippen LogP contribution in [0.3, 0.4) is 0 Å². The van der Waals surface area contributed by atoms with Crippen LogP contribution in [0, 0.1) is 13.8 Å². The fourth-order valence-electron chi connectivity index (χ4n) is 3.71. The maximum Gasteiger partial charge on any atom is 0.235 e. The van der Waals surface area contributed by atoms with Gasteiger partial charge in [-0.1, -0.05) is 42.5 Å². The summed E-state index contributed by atoms with van der Waals surface area (Å²) >= 11 is 0. The van der Waals surface area contributed by atoms with Gasteiger partial charge in [0, 0.05) is 25.5 Å². The van der Waals surface area contributed by atoms with Crippen LogP contribution >= 0.6 is 0 Å². The van der Waals surface area contributed by atoms with Gasteiger partial charge in [-0.15, -0.1) is 0 Å². The van der Waals surface area contributed by atoms with E-state index in [1.54, 1.807) is 12.5 Å². The Hall–Kier alpha value is -3.47. The Morgan fingerprint density at radius 3 is 2.38 bits per heavy atom. The molecule has 2 aromatic carbocycles. The SMILES string of the molecule is Cc1ccc(-c2c(-c3ccccc3)c(O)c(O)n2CCCn2ccnc2)cc1C. The number of benzene rings is 2. The highest BCUT2D eigenvalue weighted by molar-refractivity contribution is 5.88. The molecule has 0 fully saturated rings. The van der Waals surface area contributed by atoms with E-state index in [0.717, 1.165) is 29.8 Å². The zero-order chi connectivity index (χ0) is 20.4. The molecule has 0 spiro atoms. The lowest BCUT2D eigenvalue weighted by Crippen LogP contribution is -2.04. The summed E-state index contributed by atoms with van der Waals surface area (Å²) in [6.07, 6.45) is 6.26. The Bertz CT molecular complexity index is 1110. The van der Waals surface area contributed by atoms with Crippen molar-refractivity contribution in [2.75, 3.05) is 0 Å². The van der Waals surface area contributed by atoms with Crippen molar-refractivity contribution in [3.63, 3.8) is 0 Å². The molecule has 0 saturated heterocycles. The molecule has 0 saturated carbocycles. The molecule has 0 aliphatic carbocycles. The van der Waals surface area contributed by atoms with Gasteiger partial charge in [-0.2, -0.15) is 0 Å². The zero-order valence-electron chi connectivity index (χ0n) is 16.7. The second-order valence-electron chi connectivity index (χ2n) is 7.37. The number of aromatic nitrogens is 3. The molecule has 0 aliphatic rings. The number of hydrogen-bond acceptors (Lipinski definition) is 3. The molecule has 29 heavy (non-hydrogen) atoms. The fourth-order valence-corrected chi connectivity index (χ4v) is 3.71. The lowest BCUT2D eigenvalue weighted by Gasteiger charge is -2.14. The Kier molecular flexibility index (Phi) is 5.12. The zero-order valence-corrected chi connectivity index (χ0v) is 16.7. The topological polar surface area (TPSA) is 63.2 Å². The number of hydrogen-bond donors (Lipinski definition) is 2. The van der Waals surface area contributed by atoms with Crippen LogP contribution in [-0.2, 0) is 13.1 Å². The van der Waals surface area contributed by atoms with E-state index < -0.39 is 0 Å². The van der Waals surface area contributed by atoms with Gasteiger partial charge in [0.05, 0.1) is 17.6 Å². The van der Waals surface area contributed by atoms with E-state index in [0.29, 0.717) is 12.1 Å². The van der Waals surface area contributed by atoms with Crippen LogP contribution in [0.1, 0.15) is 17.5 Å².